The van der Waals surface area contributed by atoms with Gasteiger partial charge in [-0.25, -0.2) is 0 Å². The number of rotatable bonds is 6. The Labute approximate surface area is 137 Å². The lowest BCUT2D eigenvalue weighted by Gasteiger charge is -2.39. The Kier molecular flexibility index (Phi) is 5.97. The fraction of sp³-hybridized carbons (Fsp3) is 0.533. The highest BCUT2D eigenvalue weighted by Crippen LogP contribution is 2.30. The third-order valence-electron chi connectivity index (χ3n) is 3.75. The van der Waals surface area contributed by atoms with Crippen molar-refractivity contribution in [1.82, 2.24) is 0 Å². The molecular weight excluding hydrogens is 324 g/mol. The Morgan fingerprint density at radius 2 is 1.88 bits per heavy atom. The minimum atomic E-state index is -1.60. The third-order valence-corrected chi connectivity index (χ3v) is 3.75. The van der Waals surface area contributed by atoms with Crippen LogP contribution in [0.1, 0.15) is 12.0 Å². The molecule has 1 aromatic carbocycles. The molecule has 5 unspecified atom stereocenters. The van der Waals surface area contributed by atoms with E-state index in [0.29, 0.717) is 5.56 Å². The van der Waals surface area contributed by atoms with E-state index in [1.165, 1.54) is 18.2 Å². The summed E-state index contributed by atoms with van der Waals surface area (Å²) in [5, 5.41) is 56.9. The zero-order valence-corrected chi connectivity index (χ0v) is 12.6. The van der Waals surface area contributed by atoms with E-state index in [9.17, 15) is 25.2 Å². The summed E-state index contributed by atoms with van der Waals surface area (Å²) in [5.74, 6) is -1.09. The standard InChI is InChI=1S/C15H20O9/c16-6-10-12(20)13(21)14(22)15(24-10)23-9-5-8(17)3-1-7(9)2-4-11(18)19/h1,3,5,10,12-17,20-22H,2,4,6H2,(H,18,19). The SMILES string of the molecule is O=C(O)CCc1ccc(O)cc1OC1OC(CO)C(O)C(O)C1O. The second kappa shape index (κ2) is 7.77. The van der Waals surface area contributed by atoms with Crippen LogP contribution in [0.25, 0.3) is 0 Å². The topological polar surface area (TPSA) is 157 Å². The van der Waals surface area contributed by atoms with Crippen molar-refractivity contribution in [2.75, 3.05) is 6.61 Å². The first-order chi connectivity index (χ1) is 11.3. The number of aliphatic hydroxyl groups is 4. The molecule has 0 bridgehead atoms. The number of hydrogen-bond acceptors (Lipinski definition) is 8. The first-order valence-electron chi connectivity index (χ1n) is 7.34. The van der Waals surface area contributed by atoms with Crippen LogP contribution in [0.2, 0.25) is 0 Å². The molecule has 1 saturated heterocycles. The van der Waals surface area contributed by atoms with Crippen LogP contribution >= 0.6 is 0 Å². The van der Waals surface area contributed by atoms with E-state index in [2.05, 4.69) is 0 Å². The van der Waals surface area contributed by atoms with Crippen molar-refractivity contribution in [1.29, 1.82) is 0 Å². The molecule has 9 heteroatoms. The molecule has 5 atom stereocenters. The quantitative estimate of drug-likeness (QED) is 0.365. The van der Waals surface area contributed by atoms with Crippen molar-refractivity contribution in [3.05, 3.63) is 23.8 Å². The average Bonchev–Trinajstić information content (AvgIpc) is 2.54. The van der Waals surface area contributed by atoms with Gasteiger partial charge >= 0.3 is 5.97 Å². The number of aryl methyl sites for hydroxylation is 1. The molecule has 0 aromatic heterocycles. The van der Waals surface area contributed by atoms with E-state index >= 15 is 0 Å². The molecule has 0 radical (unpaired) electrons. The second-order valence-electron chi connectivity index (χ2n) is 5.50. The molecule has 0 spiro atoms. The van der Waals surface area contributed by atoms with Gasteiger partial charge in [-0.05, 0) is 18.1 Å². The number of carbonyl (C=O) groups is 1. The van der Waals surface area contributed by atoms with Crippen LogP contribution in [-0.2, 0) is 16.0 Å². The van der Waals surface area contributed by atoms with Crippen LogP contribution in [0.5, 0.6) is 11.5 Å². The van der Waals surface area contributed by atoms with Crippen molar-refractivity contribution >= 4 is 5.97 Å². The van der Waals surface area contributed by atoms with Gasteiger partial charge in [-0.15, -0.1) is 0 Å². The van der Waals surface area contributed by atoms with E-state index in [4.69, 9.17) is 19.7 Å². The van der Waals surface area contributed by atoms with Crippen molar-refractivity contribution in [2.45, 2.75) is 43.5 Å². The first-order valence-corrected chi connectivity index (χ1v) is 7.34. The second-order valence-corrected chi connectivity index (χ2v) is 5.50. The minimum absolute atomic E-state index is 0.0700. The van der Waals surface area contributed by atoms with Gasteiger partial charge in [0, 0.05) is 12.5 Å². The van der Waals surface area contributed by atoms with Gasteiger partial charge in [0.2, 0.25) is 6.29 Å². The number of phenolic OH excluding ortho intramolecular Hbond substituents is 1. The number of benzene rings is 1. The summed E-state index contributed by atoms with van der Waals surface area (Å²) >= 11 is 0. The van der Waals surface area contributed by atoms with Crippen LogP contribution in [0.15, 0.2) is 18.2 Å². The Balaban J connectivity index is 2.19. The van der Waals surface area contributed by atoms with E-state index in [1.807, 2.05) is 0 Å². The summed E-state index contributed by atoms with van der Waals surface area (Å²) in [7, 11) is 0. The summed E-state index contributed by atoms with van der Waals surface area (Å²) < 4.78 is 10.7. The lowest BCUT2D eigenvalue weighted by Crippen LogP contribution is -2.60. The zero-order chi connectivity index (χ0) is 17.9. The molecule has 2 rings (SSSR count). The van der Waals surface area contributed by atoms with Crippen LogP contribution in [0.3, 0.4) is 0 Å². The molecule has 9 nitrogen and oxygen atoms in total. The number of ether oxygens (including phenoxy) is 2. The number of aromatic hydroxyl groups is 1. The number of hydrogen-bond donors (Lipinski definition) is 6. The largest absolute Gasteiger partial charge is 0.508 e. The normalized spacial score (nSPS) is 30.1. The number of carboxylic acid groups (broad SMARTS) is 1. The number of aliphatic carboxylic acids is 1. The van der Waals surface area contributed by atoms with Crippen LogP contribution in [-0.4, -0.2) is 73.9 Å². The minimum Gasteiger partial charge on any atom is -0.508 e. The number of aliphatic hydroxyl groups excluding tert-OH is 4. The summed E-state index contributed by atoms with van der Waals surface area (Å²) in [6.45, 7) is -0.600. The molecule has 0 saturated carbocycles. The van der Waals surface area contributed by atoms with E-state index < -0.39 is 43.3 Å². The molecule has 1 aliphatic heterocycles. The molecular formula is C15H20O9. The zero-order valence-electron chi connectivity index (χ0n) is 12.6. The highest BCUT2D eigenvalue weighted by molar-refractivity contribution is 5.67. The van der Waals surface area contributed by atoms with Crippen molar-refractivity contribution in [3.63, 3.8) is 0 Å². The van der Waals surface area contributed by atoms with Gasteiger partial charge in [0.1, 0.15) is 35.9 Å². The molecule has 1 aromatic rings. The van der Waals surface area contributed by atoms with Gasteiger partial charge in [0.25, 0.3) is 0 Å². The van der Waals surface area contributed by atoms with Crippen LogP contribution in [0.4, 0.5) is 0 Å². The van der Waals surface area contributed by atoms with Crippen molar-refractivity contribution in [3.8, 4) is 11.5 Å². The monoisotopic (exact) mass is 344 g/mol. The molecule has 1 aliphatic rings. The molecule has 1 heterocycles. The maximum absolute atomic E-state index is 10.7. The van der Waals surface area contributed by atoms with Gasteiger partial charge in [0.15, 0.2) is 0 Å². The molecule has 0 aliphatic carbocycles. The van der Waals surface area contributed by atoms with Gasteiger partial charge in [-0.1, -0.05) is 6.07 Å². The molecule has 134 valence electrons. The fourth-order valence-corrected chi connectivity index (χ4v) is 2.39. The highest BCUT2D eigenvalue weighted by atomic mass is 16.7. The van der Waals surface area contributed by atoms with E-state index in [1.54, 1.807) is 0 Å². The maximum Gasteiger partial charge on any atom is 0.303 e. The van der Waals surface area contributed by atoms with Gasteiger partial charge in [-0.3, -0.25) is 4.79 Å². The number of phenols is 1. The predicted molar refractivity (Wildman–Crippen MR) is 78.5 cm³/mol. The Morgan fingerprint density at radius 3 is 2.50 bits per heavy atom. The summed E-state index contributed by atoms with van der Waals surface area (Å²) in [5.41, 5.74) is 0.451. The van der Waals surface area contributed by atoms with Gasteiger partial charge < -0.3 is 40.1 Å². The molecule has 6 N–H and O–H groups in total. The van der Waals surface area contributed by atoms with Crippen molar-refractivity contribution < 1.29 is 44.9 Å². The smallest absolute Gasteiger partial charge is 0.303 e. The molecule has 1 fully saturated rings. The fourth-order valence-electron chi connectivity index (χ4n) is 2.39. The predicted octanol–water partition coefficient (Wildman–Crippen LogP) is -1.41. The van der Waals surface area contributed by atoms with Gasteiger partial charge in [0.05, 0.1) is 6.61 Å². The van der Waals surface area contributed by atoms with Gasteiger partial charge in [-0.2, -0.15) is 0 Å². The Morgan fingerprint density at radius 1 is 1.17 bits per heavy atom. The average molecular weight is 344 g/mol. The lowest BCUT2D eigenvalue weighted by molar-refractivity contribution is -0.277. The Bertz CT molecular complexity index is 574. The van der Waals surface area contributed by atoms with Crippen LogP contribution in [0, 0.1) is 0 Å². The molecule has 24 heavy (non-hydrogen) atoms. The first kappa shape index (κ1) is 18.4. The van der Waals surface area contributed by atoms with E-state index in [0.717, 1.165) is 0 Å². The summed E-state index contributed by atoms with van der Waals surface area (Å²) in [6.07, 6.45) is -7.31. The maximum atomic E-state index is 10.7. The van der Waals surface area contributed by atoms with Crippen molar-refractivity contribution in [2.24, 2.45) is 0 Å². The van der Waals surface area contributed by atoms with Crippen LogP contribution < -0.4 is 4.74 Å². The highest BCUT2D eigenvalue weighted by Gasteiger charge is 2.44. The molecule has 0 amide bonds. The summed E-state index contributed by atoms with van der Waals surface area (Å²) in [4.78, 5) is 10.7. The number of carboxylic acids is 1. The van der Waals surface area contributed by atoms with E-state index in [-0.39, 0.29) is 24.3 Å². The third kappa shape index (κ3) is 4.13. The lowest BCUT2D eigenvalue weighted by atomic mass is 9.99. The Hall–Kier alpha value is -1.91. The summed E-state index contributed by atoms with van der Waals surface area (Å²) in [6, 6.07) is 4.05.